The lowest BCUT2D eigenvalue weighted by atomic mass is 9.81. The van der Waals surface area contributed by atoms with Crippen molar-refractivity contribution in [3.63, 3.8) is 0 Å². The van der Waals surface area contributed by atoms with Gasteiger partial charge < -0.3 is 0 Å². The van der Waals surface area contributed by atoms with Crippen LogP contribution in [0.2, 0.25) is 0 Å². The molecule has 0 saturated carbocycles. The SMILES string of the molecule is Cc1ccc2c(c1)C(C)(C)c1cc(-c3sc(-c4cc(-c5ccccc5)c(-c5ccc6c(c5)C(C)(C)c5cc(C)ccc5-6)s4)cc3-c3ccccc3)ccc1-2. The molecule has 0 nitrogen and oxygen atoms in total. The van der Waals surface area contributed by atoms with Gasteiger partial charge in [-0.15, -0.1) is 22.7 Å². The summed E-state index contributed by atoms with van der Waals surface area (Å²) >= 11 is 3.86. The second-order valence-electron chi connectivity index (χ2n) is 16.3. The van der Waals surface area contributed by atoms with E-state index in [1.165, 1.54) is 109 Å². The number of fused-ring (bicyclic) bond motifs is 6. The fourth-order valence-electron chi connectivity index (χ4n) is 9.10. The molecule has 0 unspecified atom stereocenters. The Bertz CT molecular complexity index is 2580. The molecule has 54 heavy (non-hydrogen) atoms. The van der Waals surface area contributed by atoms with Gasteiger partial charge in [0.2, 0.25) is 0 Å². The van der Waals surface area contributed by atoms with Crippen LogP contribution in [0.4, 0.5) is 0 Å². The van der Waals surface area contributed by atoms with Crippen LogP contribution < -0.4 is 0 Å². The maximum absolute atomic E-state index is 2.48. The fourth-order valence-corrected chi connectivity index (χ4v) is 11.5. The summed E-state index contributed by atoms with van der Waals surface area (Å²) in [6.07, 6.45) is 0. The standard InChI is InChI=1S/C52H42S2/c1-31-17-21-37-39-23-19-35(27-45(39)51(3,4)43(37)25-31)49-41(33-13-9-7-10-14-33)29-47(53-49)48-30-42(34-15-11-8-12-16-34)50(54-48)36-20-24-40-38-22-18-32(2)26-44(38)52(5,6)46(40)28-36/h7-30H,1-6H3. The van der Waals surface area contributed by atoms with E-state index in [4.69, 9.17) is 0 Å². The smallest absolute Gasteiger partial charge is 0.0456 e. The van der Waals surface area contributed by atoms with Crippen LogP contribution in [0.5, 0.6) is 0 Å². The highest BCUT2D eigenvalue weighted by atomic mass is 32.1. The first-order chi connectivity index (χ1) is 26.1. The second-order valence-corrected chi connectivity index (χ2v) is 18.4. The van der Waals surface area contributed by atoms with Crippen molar-refractivity contribution in [2.24, 2.45) is 0 Å². The molecule has 2 heterocycles. The highest BCUT2D eigenvalue weighted by Crippen LogP contribution is 2.55. The number of thiophene rings is 2. The Kier molecular flexibility index (Phi) is 7.47. The molecule has 6 aromatic carbocycles. The minimum Gasteiger partial charge on any atom is -0.134 e. The third-order valence-electron chi connectivity index (χ3n) is 12.1. The summed E-state index contributed by atoms with van der Waals surface area (Å²) in [5, 5.41) is 0. The third kappa shape index (κ3) is 5.08. The number of aryl methyl sites for hydroxylation is 2. The summed E-state index contributed by atoms with van der Waals surface area (Å²) in [7, 11) is 0. The van der Waals surface area contributed by atoms with Crippen molar-refractivity contribution in [3.05, 3.63) is 179 Å². The van der Waals surface area contributed by atoms with Gasteiger partial charge in [0.25, 0.3) is 0 Å². The molecule has 8 aromatic rings. The molecular weight excluding hydrogens is 689 g/mol. The van der Waals surface area contributed by atoms with Crippen LogP contribution in [0, 0.1) is 13.8 Å². The first-order valence-electron chi connectivity index (χ1n) is 19.0. The zero-order valence-corrected chi connectivity index (χ0v) is 33.3. The van der Waals surface area contributed by atoms with Crippen LogP contribution >= 0.6 is 22.7 Å². The monoisotopic (exact) mass is 730 g/mol. The van der Waals surface area contributed by atoms with E-state index < -0.39 is 0 Å². The molecule has 262 valence electrons. The molecule has 0 aliphatic heterocycles. The van der Waals surface area contributed by atoms with E-state index in [1.807, 2.05) is 22.7 Å². The van der Waals surface area contributed by atoms with Gasteiger partial charge >= 0.3 is 0 Å². The highest BCUT2D eigenvalue weighted by Gasteiger charge is 2.37. The van der Waals surface area contributed by atoms with Gasteiger partial charge in [-0.25, -0.2) is 0 Å². The van der Waals surface area contributed by atoms with Gasteiger partial charge in [-0.3, -0.25) is 0 Å². The number of hydrogen-bond acceptors (Lipinski definition) is 2. The molecule has 0 saturated heterocycles. The molecule has 0 atom stereocenters. The van der Waals surface area contributed by atoms with E-state index in [9.17, 15) is 0 Å². The first-order valence-corrected chi connectivity index (χ1v) is 20.6. The van der Waals surface area contributed by atoms with E-state index in [0.717, 1.165) is 0 Å². The van der Waals surface area contributed by atoms with E-state index in [-0.39, 0.29) is 10.8 Å². The van der Waals surface area contributed by atoms with E-state index in [0.29, 0.717) is 0 Å². The Balaban J connectivity index is 1.13. The molecule has 2 aliphatic carbocycles. The molecule has 2 aromatic heterocycles. The van der Waals surface area contributed by atoms with Crippen molar-refractivity contribution in [2.45, 2.75) is 52.4 Å². The molecule has 0 amide bonds. The molecule has 2 heteroatoms. The van der Waals surface area contributed by atoms with Crippen molar-refractivity contribution in [2.75, 3.05) is 0 Å². The Labute approximate surface area is 327 Å². The minimum absolute atomic E-state index is 0.0580. The summed E-state index contributed by atoms with van der Waals surface area (Å²) in [5.41, 5.74) is 21.3. The Morgan fingerprint density at radius 2 is 0.685 bits per heavy atom. The second kappa shape index (κ2) is 12.1. The lowest BCUT2D eigenvalue weighted by Crippen LogP contribution is -2.15. The average Bonchev–Trinajstić information content (AvgIpc) is 3.93. The van der Waals surface area contributed by atoms with Crippen LogP contribution in [-0.2, 0) is 10.8 Å². The van der Waals surface area contributed by atoms with Gasteiger partial charge in [0, 0.05) is 41.5 Å². The van der Waals surface area contributed by atoms with Crippen LogP contribution in [0.25, 0.3) is 75.1 Å². The maximum atomic E-state index is 2.48. The van der Waals surface area contributed by atoms with Gasteiger partial charge in [-0.2, -0.15) is 0 Å². The third-order valence-corrected chi connectivity index (χ3v) is 14.6. The fraction of sp³-hybridized carbons (Fsp3) is 0.154. The van der Waals surface area contributed by atoms with E-state index in [1.54, 1.807) is 0 Å². The van der Waals surface area contributed by atoms with Gasteiger partial charge in [-0.05, 0) is 105 Å². The molecule has 2 aliphatic rings. The van der Waals surface area contributed by atoms with Gasteiger partial charge in [0.05, 0.1) is 0 Å². The minimum atomic E-state index is -0.0580. The summed E-state index contributed by atoms with van der Waals surface area (Å²) in [6, 6.07) is 55.1. The van der Waals surface area contributed by atoms with Crippen LogP contribution in [0.15, 0.2) is 146 Å². The Hall–Kier alpha value is -5.28. The van der Waals surface area contributed by atoms with Crippen molar-refractivity contribution in [3.8, 4) is 75.1 Å². The van der Waals surface area contributed by atoms with Crippen LogP contribution in [-0.4, -0.2) is 0 Å². The molecule has 0 fully saturated rings. The van der Waals surface area contributed by atoms with Gasteiger partial charge in [-0.1, -0.05) is 160 Å². The number of benzene rings is 6. The first kappa shape index (κ1) is 33.3. The molecule has 0 bridgehead atoms. The summed E-state index contributed by atoms with van der Waals surface area (Å²) in [5.74, 6) is 0. The quantitative estimate of drug-likeness (QED) is 0.165. The number of rotatable bonds is 5. The van der Waals surface area contributed by atoms with Crippen LogP contribution in [0.1, 0.15) is 61.1 Å². The maximum Gasteiger partial charge on any atom is 0.0456 e. The van der Waals surface area contributed by atoms with E-state index >= 15 is 0 Å². The largest absolute Gasteiger partial charge is 0.134 e. The predicted molar refractivity (Wildman–Crippen MR) is 234 cm³/mol. The predicted octanol–water partition coefficient (Wildman–Crippen LogP) is 15.4. The van der Waals surface area contributed by atoms with Gasteiger partial charge in [0.1, 0.15) is 0 Å². The van der Waals surface area contributed by atoms with Crippen molar-refractivity contribution in [1.82, 2.24) is 0 Å². The molecule has 10 rings (SSSR count). The average molecular weight is 731 g/mol. The summed E-state index contributed by atoms with van der Waals surface area (Å²) in [6.45, 7) is 13.9. The zero-order valence-electron chi connectivity index (χ0n) is 31.7. The van der Waals surface area contributed by atoms with E-state index in [2.05, 4.69) is 187 Å². The molecule has 0 radical (unpaired) electrons. The zero-order chi connectivity index (χ0) is 36.9. The Morgan fingerprint density at radius 3 is 1.07 bits per heavy atom. The van der Waals surface area contributed by atoms with Crippen molar-refractivity contribution >= 4 is 22.7 Å². The van der Waals surface area contributed by atoms with Gasteiger partial charge in [0.15, 0.2) is 0 Å². The van der Waals surface area contributed by atoms with Crippen molar-refractivity contribution in [1.29, 1.82) is 0 Å². The molecular formula is C52H42S2. The summed E-state index contributed by atoms with van der Waals surface area (Å²) in [4.78, 5) is 5.26. The lowest BCUT2D eigenvalue weighted by molar-refractivity contribution is 0.660. The highest BCUT2D eigenvalue weighted by molar-refractivity contribution is 7.26. The summed E-state index contributed by atoms with van der Waals surface area (Å²) < 4.78 is 0. The topological polar surface area (TPSA) is 0 Å². The lowest BCUT2D eigenvalue weighted by Gasteiger charge is -2.22. The van der Waals surface area contributed by atoms with Crippen molar-refractivity contribution < 1.29 is 0 Å². The number of hydrogen-bond donors (Lipinski definition) is 0. The normalized spacial score (nSPS) is 14.4. The molecule has 0 N–H and O–H groups in total. The van der Waals surface area contributed by atoms with Crippen LogP contribution in [0.3, 0.4) is 0 Å². The Morgan fingerprint density at radius 1 is 0.333 bits per heavy atom. The molecule has 0 spiro atoms.